The second-order valence-electron chi connectivity index (χ2n) is 4.57. The van der Waals surface area contributed by atoms with Gasteiger partial charge < -0.3 is 15.4 Å². The maximum absolute atomic E-state index is 11.2. The van der Waals surface area contributed by atoms with E-state index in [1.165, 1.54) is 0 Å². The Bertz CT molecular complexity index is 483. The lowest BCUT2D eigenvalue weighted by Gasteiger charge is -2.11. The van der Waals surface area contributed by atoms with E-state index in [0.717, 1.165) is 18.5 Å². The Morgan fingerprint density at radius 1 is 1.35 bits per heavy atom. The zero-order valence-corrected chi connectivity index (χ0v) is 16.6. The van der Waals surface area contributed by atoms with Crippen LogP contribution < -0.4 is 10.6 Å². The second kappa shape index (κ2) is 13.4. The molecule has 0 spiro atoms. The molecule has 0 aliphatic heterocycles. The Balaban J connectivity index is 0.00000484. The number of rotatable bonds is 8. The summed E-state index contributed by atoms with van der Waals surface area (Å²) in [6.45, 7) is 3.63. The Morgan fingerprint density at radius 3 is 2.70 bits per heavy atom. The molecule has 0 atom stereocenters. The SMILES string of the molecule is CCOC(=O)CCCNC(=NC)NCCc1ccc(Cl)nc1.I. The van der Waals surface area contributed by atoms with Crippen LogP contribution in [-0.4, -0.2) is 43.7 Å². The van der Waals surface area contributed by atoms with Gasteiger partial charge in [-0.1, -0.05) is 17.7 Å². The van der Waals surface area contributed by atoms with Crippen LogP contribution in [0, 0.1) is 0 Å². The van der Waals surface area contributed by atoms with Gasteiger partial charge in [-0.05, 0) is 31.4 Å². The maximum atomic E-state index is 11.2. The van der Waals surface area contributed by atoms with Gasteiger partial charge in [-0.3, -0.25) is 9.79 Å². The van der Waals surface area contributed by atoms with E-state index in [-0.39, 0.29) is 29.9 Å². The van der Waals surface area contributed by atoms with Crippen molar-refractivity contribution in [2.75, 3.05) is 26.7 Å². The summed E-state index contributed by atoms with van der Waals surface area (Å²) in [6.07, 6.45) is 3.71. The number of hydrogen-bond donors (Lipinski definition) is 2. The van der Waals surface area contributed by atoms with E-state index in [9.17, 15) is 4.79 Å². The molecular weight excluding hydrogens is 431 g/mol. The molecule has 8 heteroatoms. The molecule has 0 aliphatic carbocycles. The van der Waals surface area contributed by atoms with E-state index in [2.05, 4.69) is 20.6 Å². The van der Waals surface area contributed by atoms with Crippen molar-refractivity contribution in [1.82, 2.24) is 15.6 Å². The highest BCUT2D eigenvalue weighted by Crippen LogP contribution is 2.05. The molecule has 130 valence electrons. The van der Waals surface area contributed by atoms with Crippen molar-refractivity contribution in [3.8, 4) is 0 Å². The van der Waals surface area contributed by atoms with Crippen molar-refractivity contribution in [1.29, 1.82) is 0 Å². The van der Waals surface area contributed by atoms with E-state index in [1.807, 2.05) is 6.07 Å². The molecule has 1 heterocycles. The number of hydrogen-bond acceptors (Lipinski definition) is 4. The van der Waals surface area contributed by atoms with Crippen LogP contribution in [0.4, 0.5) is 0 Å². The zero-order chi connectivity index (χ0) is 16.2. The lowest BCUT2D eigenvalue weighted by molar-refractivity contribution is -0.143. The number of aromatic nitrogens is 1. The molecule has 0 aliphatic rings. The largest absolute Gasteiger partial charge is 0.466 e. The normalized spacial score (nSPS) is 10.7. The van der Waals surface area contributed by atoms with Crippen molar-refractivity contribution >= 4 is 47.5 Å². The van der Waals surface area contributed by atoms with Crippen molar-refractivity contribution in [3.63, 3.8) is 0 Å². The molecule has 0 saturated heterocycles. The highest BCUT2D eigenvalue weighted by Gasteiger charge is 2.02. The summed E-state index contributed by atoms with van der Waals surface area (Å²) in [5.41, 5.74) is 1.11. The van der Waals surface area contributed by atoms with E-state index < -0.39 is 0 Å². The molecule has 1 aromatic heterocycles. The number of aliphatic imine (C=N–C) groups is 1. The highest BCUT2D eigenvalue weighted by molar-refractivity contribution is 14.0. The topological polar surface area (TPSA) is 75.6 Å². The van der Waals surface area contributed by atoms with Gasteiger partial charge in [0.05, 0.1) is 6.61 Å². The summed E-state index contributed by atoms with van der Waals surface area (Å²) >= 11 is 5.74. The van der Waals surface area contributed by atoms with E-state index in [4.69, 9.17) is 16.3 Å². The molecule has 23 heavy (non-hydrogen) atoms. The maximum Gasteiger partial charge on any atom is 0.305 e. The number of nitrogens with zero attached hydrogens (tertiary/aromatic N) is 2. The fourth-order valence-electron chi connectivity index (χ4n) is 1.77. The first kappa shape index (κ1) is 21.9. The number of carbonyl (C=O) groups is 1. The van der Waals surface area contributed by atoms with Gasteiger partial charge in [0.1, 0.15) is 5.15 Å². The van der Waals surface area contributed by atoms with E-state index in [0.29, 0.717) is 37.1 Å². The highest BCUT2D eigenvalue weighted by atomic mass is 127. The standard InChI is InChI=1S/C15H23ClN4O2.HI/c1-3-22-14(21)5-4-9-18-15(17-2)19-10-8-12-6-7-13(16)20-11-12;/h6-7,11H,3-5,8-10H2,1-2H3,(H2,17,18,19);1H. The molecule has 1 aromatic rings. The Morgan fingerprint density at radius 2 is 2.09 bits per heavy atom. The molecule has 0 bridgehead atoms. The number of guanidine groups is 1. The average Bonchev–Trinajstić information content (AvgIpc) is 2.51. The first-order valence-corrected chi connectivity index (χ1v) is 7.74. The molecule has 0 radical (unpaired) electrons. The summed E-state index contributed by atoms with van der Waals surface area (Å²) in [5, 5.41) is 6.86. The van der Waals surface area contributed by atoms with Crippen molar-refractivity contribution < 1.29 is 9.53 Å². The van der Waals surface area contributed by atoms with Crippen molar-refractivity contribution in [2.45, 2.75) is 26.2 Å². The average molecular weight is 455 g/mol. The zero-order valence-electron chi connectivity index (χ0n) is 13.5. The molecule has 0 saturated carbocycles. The minimum atomic E-state index is -0.164. The Labute approximate surface area is 159 Å². The van der Waals surface area contributed by atoms with Gasteiger partial charge in [0.25, 0.3) is 0 Å². The van der Waals surface area contributed by atoms with E-state index in [1.54, 1.807) is 26.2 Å². The number of carbonyl (C=O) groups excluding carboxylic acids is 1. The summed E-state index contributed by atoms with van der Waals surface area (Å²) in [5.74, 6) is 0.549. The summed E-state index contributed by atoms with van der Waals surface area (Å²) < 4.78 is 4.87. The van der Waals surface area contributed by atoms with Gasteiger partial charge in [0.2, 0.25) is 0 Å². The minimum Gasteiger partial charge on any atom is -0.466 e. The number of pyridine rings is 1. The quantitative estimate of drug-likeness (QED) is 0.158. The van der Waals surface area contributed by atoms with E-state index >= 15 is 0 Å². The number of nitrogens with one attached hydrogen (secondary N) is 2. The van der Waals surface area contributed by atoms with Crippen LogP contribution in [0.25, 0.3) is 0 Å². The van der Waals surface area contributed by atoms with Crippen LogP contribution in [0.2, 0.25) is 5.15 Å². The lowest BCUT2D eigenvalue weighted by atomic mass is 10.2. The summed E-state index contributed by atoms with van der Waals surface area (Å²) in [6, 6.07) is 3.73. The summed E-state index contributed by atoms with van der Waals surface area (Å²) in [7, 11) is 1.71. The fraction of sp³-hybridized carbons (Fsp3) is 0.533. The molecule has 0 unspecified atom stereocenters. The molecule has 1 rings (SSSR count). The van der Waals surface area contributed by atoms with Crippen LogP contribution in [0.5, 0.6) is 0 Å². The molecule has 2 N–H and O–H groups in total. The van der Waals surface area contributed by atoms with Crippen molar-refractivity contribution in [3.05, 3.63) is 29.0 Å². The van der Waals surface area contributed by atoms with Gasteiger partial charge in [0, 0.05) is 32.8 Å². The van der Waals surface area contributed by atoms with Crippen LogP contribution in [-0.2, 0) is 16.0 Å². The van der Waals surface area contributed by atoms with Crippen molar-refractivity contribution in [2.24, 2.45) is 4.99 Å². The smallest absolute Gasteiger partial charge is 0.305 e. The fourth-order valence-corrected chi connectivity index (χ4v) is 1.88. The number of ether oxygens (including phenoxy) is 1. The van der Waals surface area contributed by atoms with Gasteiger partial charge in [-0.15, -0.1) is 24.0 Å². The molecule has 0 fully saturated rings. The van der Waals surface area contributed by atoms with Gasteiger partial charge >= 0.3 is 5.97 Å². The first-order valence-electron chi connectivity index (χ1n) is 7.36. The predicted molar refractivity (Wildman–Crippen MR) is 104 cm³/mol. The van der Waals surface area contributed by atoms with Crippen LogP contribution in [0.1, 0.15) is 25.3 Å². The predicted octanol–water partition coefficient (Wildman–Crippen LogP) is 2.40. The van der Waals surface area contributed by atoms with Crippen LogP contribution in [0.15, 0.2) is 23.3 Å². The van der Waals surface area contributed by atoms with Crippen LogP contribution in [0.3, 0.4) is 0 Å². The third-order valence-electron chi connectivity index (χ3n) is 2.87. The van der Waals surface area contributed by atoms with Gasteiger partial charge in [-0.25, -0.2) is 4.98 Å². The number of halogens is 2. The Hall–Kier alpha value is -1.09. The molecule has 0 amide bonds. The minimum absolute atomic E-state index is 0. The van der Waals surface area contributed by atoms with Gasteiger partial charge in [0.15, 0.2) is 5.96 Å². The summed E-state index contributed by atoms with van der Waals surface area (Å²) in [4.78, 5) is 19.4. The third kappa shape index (κ3) is 10.3. The second-order valence-corrected chi connectivity index (χ2v) is 4.96. The Kier molecular flexibility index (Phi) is 12.7. The molecule has 0 aromatic carbocycles. The lowest BCUT2D eigenvalue weighted by Crippen LogP contribution is -2.38. The molecule has 6 nitrogen and oxygen atoms in total. The molecular formula is C15H24ClIN4O2. The first-order chi connectivity index (χ1) is 10.7. The monoisotopic (exact) mass is 454 g/mol. The number of esters is 1. The third-order valence-corrected chi connectivity index (χ3v) is 3.10. The van der Waals surface area contributed by atoms with Crippen LogP contribution >= 0.6 is 35.6 Å². The van der Waals surface area contributed by atoms with Gasteiger partial charge in [-0.2, -0.15) is 0 Å².